The summed E-state index contributed by atoms with van der Waals surface area (Å²) in [5, 5.41) is 0. The number of benzene rings is 1. The molecule has 0 bridgehead atoms. The lowest BCUT2D eigenvalue weighted by Crippen LogP contribution is -1.84. The Balaban J connectivity index is 2.53. The van der Waals surface area contributed by atoms with Gasteiger partial charge in [-0.1, -0.05) is 52.3 Å². The molecule has 0 atom stereocenters. The van der Waals surface area contributed by atoms with Crippen molar-refractivity contribution >= 4 is 15.9 Å². The monoisotopic (exact) mass is 224 g/mol. The van der Waals surface area contributed by atoms with Gasteiger partial charge in [0.2, 0.25) is 0 Å². The lowest BCUT2D eigenvalue weighted by atomic mass is 10.1. The molecule has 1 heteroatoms. The Kier molecular flexibility index (Phi) is 3.54. The molecule has 0 unspecified atom stereocenters. The molecule has 0 nitrogen and oxygen atoms in total. The summed E-state index contributed by atoms with van der Waals surface area (Å²) >= 11 is 3.35. The second-order valence-electron chi connectivity index (χ2n) is 3.00. The van der Waals surface area contributed by atoms with Gasteiger partial charge in [0.1, 0.15) is 0 Å². The van der Waals surface area contributed by atoms with E-state index in [1.165, 1.54) is 11.1 Å². The normalized spacial score (nSPS) is 9.83. The number of hydrogen-bond donors (Lipinski definition) is 0. The number of halogens is 1. The molecule has 1 rings (SSSR count). The molecule has 0 radical (unpaired) electrons. The van der Waals surface area contributed by atoms with E-state index in [0.717, 1.165) is 17.3 Å². The molecule has 0 aromatic heterocycles. The van der Waals surface area contributed by atoms with E-state index in [4.69, 9.17) is 0 Å². The molecule has 12 heavy (non-hydrogen) atoms. The van der Waals surface area contributed by atoms with Crippen LogP contribution in [0.2, 0.25) is 0 Å². The largest absolute Gasteiger partial charge is 0.0888 e. The maximum Gasteiger partial charge on any atom is -0.0118 e. The van der Waals surface area contributed by atoms with E-state index in [-0.39, 0.29) is 0 Å². The van der Waals surface area contributed by atoms with Crippen molar-refractivity contribution in [2.24, 2.45) is 0 Å². The first-order chi connectivity index (χ1) is 5.68. The minimum atomic E-state index is 1.02. The molecule has 0 saturated carbocycles. The molecule has 64 valence electrons. The lowest BCUT2D eigenvalue weighted by molar-refractivity contribution is 0.994. The van der Waals surface area contributed by atoms with Gasteiger partial charge >= 0.3 is 0 Å². The van der Waals surface area contributed by atoms with Crippen molar-refractivity contribution in [1.29, 1.82) is 0 Å². The first-order valence-electron chi connectivity index (χ1n) is 4.07. The van der Waals surface area contributed by atoms with Gasteiger partial charge in [-0.3, -0.25) is 0 Å². The standard InChI is InChI=1S/C11H13Br/c1-9-3-6-11(7-4-9)8-5-10(2)12/h3-4,6-7H,2,5,8H2,1H3. The van der Waals surface area contributed by atoms with Gasteiger partial charge in [-0.15, -0.1) is 0 Å². The van der Waals surface area contributed by atoms with E-state index in [2.05, 4.69) is 53.7 Å². The van der Waals surface area contributed by atoms with Gasteiger partial charge in [-0.2, -0.15) is 0 Å². The van der Waals surface area contributed by atoms with Crippen LogP contribution in [0.1, 0.15) is 17.5 Å². The van der Waals surface area contributed by atoms with Crippen molar-refractivity contribution in [2.75, 3.05) is 0 Å². The molecule has 0 N–H and O–H groups in total. The van der Waals surface area contributed by atoms with Crippen molar-refractivity contribution in [1.82, 2.24) is 0 Å². The molecule has 0 fully saturated rings. The second kappa shape index (κ2) is 4.46. The average molecular weight is 225 g/mol. The average Bonchev–Trinajstić information content (AvgIpc) is 2.03. The van der Waals surface area contributed by atoms with Crippen LogP contribution < -0.4 is 0 Å². The fraction of sp³-hybridized carbons (Fsp3) is 0.273. The molecular weight excluding hydrogens is 212 g/mol. The summed E-state index contributed by atoms with van der Waals surface area (Å²) in [6.07, 6.45) is 2.09. The summed E-state index contributed by atoms with van der Waals surface area (Å²) in [5.74, 6) is 0. The number of allylic oxidation sites excluding steroid dienone is 1. The summed E-state index contributed by atoms with van der Waals surface area (Å²) < 4.78 is 1.07. The first-order valence-corrected chi connectivity index (χ1v) is 4.86. The van der Waals surface area contributed by atoms with Gasteiger partial charge in [0, 0.05) is 0 Å². The van der Waals surface area contributed by atoms with E-state index >= 15 is 0 Å². The van der Waals surface area contributed by atoms with Crippen LogP contribution in [0, 0.1) is 6.92 Å². The molecule has 0 amide bonds. The Bertz CT molecular complexity index is 259. The van der Waals surface area contributed by atoms with Crippen molar-refractivity contribution in [3.63, 3.8) is 0 Å². The molecule has 0 heterocycles. The van der Waals surface area contributed by atoms with Gasteiger partial charge in [-0.05, 0) is 29.8 Å². The summed E-state index contributed by atoms with van der Waals surface area (Å²) in [6, 6.07) is 8.63. The third-order valence-corrected chi connectivity index (χ3v) is 2.20. The SMILES string of the molecule is C=C(Br)CCc1ccc(C)cc1. The summed E-state index contributed by atoms with van der Waals surface area (Å²) in [4.78, 5) is 0. The van der Waals surface area contributed by atoms with Crippen LogP contribution in [-0.2, 0) is 6.42 Å². The van der Waals surface area contributed by atoms with Crippen LogP contribution >= 0.6 is 15.9 Å². The van der Waals surface area contributed by atoms with Crippen LogP contribution in [-0.4, -0.2) is 0 Å². The number of hydrogen-bond acceptors (Lipinski definition) is 0. The van der Waals surface area contributed by atoms with Crippen LogP contribution in [0.5, 0.6) is 0 Å². The van der Waals surface area contributed by atoms with E-state index in [1.54, 1.807) is 0 Å². The molecule has 0 spiro atoms. The molecule has 0 aliphatic carbocycles. The maximum atomic E-state index is 3.80. The topological polar surface area (TPSA) is 0 Å². The molecule has 0 aliphatic rings. The molecular formula is C11H13Br. The lowest BCUT2D eigenvalue weighted by Gasteiger charge is -2.00. The number of aryl methyl sites for hydroxylation is 2. The third kappa shape index (κ3) is 3.22. The van der Waals surface area contributed by atoms with E-state index in [9.17, 15) is 0 Å². The Morgan fingerprint density at radius 1 is 1.33 bits per heavy atom. The molecule has 0 saturated heterocycles. The minimum absolute atomic E-state index is 1.02. The Morgan fingerprint density at radius 3 is 2.42 bits per heavy atom. The highest BCUT2D eigenvalue weighted by Crippen LogP contribution is 2.12. The zero-order valence-corrected chi connectivity index (χ0v) is 8.89. The van der Waals surface area contributed by atoms with Crippen LogP contribution in [0.3, 0.4) is 0 Å². The summed E-state index contributed by atoms with van der Waals surface area (Å²) in [5.41, 5.74) is 2.69. The van der Waals surface area contributed by atoms with Crippen molar-refractivity contribution < 1.29 is 0 Å². The highest BCUT2D eigenvalue weighted by molar-refractivity contribution is 9.11. The fourth-order valence-electron chi connectivity index (χ4n) is 1.03. The van der Waals surface area contributed by atoms with Gasteiger partial charge < -0.3 is 0 Å². The zero-order valence-electron chi connectivity index (χ0n) is 7.31. The van der Waals surface area contributed by atoms with Gasteiger partial charge in [0.15, 0.2) is 0 Å². The minimum Gasteiger partial charge on any atom is -0.0888 e. The summed E-state index contributed by atoms with van der Waals surface area (Å²) in [6.45, 7) is 5.91. The van der Waals surface area contributed by atoms with E-state index in [1.807, 2.05) is 0 Å². The summed E-state index contributed by atoms with van der Waals surface area (Å²) in [7, 11) is 0. The van der Waals surface area contributed by atoms with Gasteiger partial charge in [0.05, 0.1) is 0 Å². The quantitative estimate of drug-likeness (QED) is 0.733. The third-order valence-electron chi connectivity index (χ3n) is 1.81. The highest BCUT2D eigenvalue weighted by atomic mass is 79.9. The van der Waals surface area contributed by atoms with Gasteiger partial charge in [-0.25, -0.2) is 0 Å². The Labute approximate surface area is 82.4 Å². The maximum absolute atomic E-state index is 3.80. The predicted molar refractivity (Wildman–Crippen MR) is 57.6 cm³/mol. The predicted octanol–water partition coefficient (Wildman–Crippen LogP) is 3.84. The van der Waals surface area contributed by atoms with Crippen molar-refractivity contribution in [3.8, 4) is 0 Å². The molecule has 0 aliphatic heterocycles. The van der Waals surface area contributed by atoms with Crippen LogP contribution in [0.4, 0.5) is 0 Å². The Hall–Kier alpha value is -0.560. The van der Waals surface area contributed by atoms with E-state index < -0.39 is 0 Å². The van der Waals surface area contributed by atoms with Crippen LogP contribution in [0.15, 0.2) is 35.3 Å². The van der Waals surface area contributed by atoms with Gasteiger partial charge in [0.25, 0.3) is 0 Å². The number of rotatable bonds is 3. The first kappa shape index (κ1) is 9.53. The fourth-order valence-corrected chi connectivity index (χ4v) is 1.23. The smallest absolute Gasteiger partial charge is 0.0118 e. The highest BCUT2D eigenvalue weighted by Gasteiger charge is 1.93. The van der Waals surface area contributed by atoms with Crippen molar-refractivity contribution in [3.05, 3.63) is 46.5 Å². The molecule has 1 aromatic carbocycles. The van der Waals surface area contributed by atoms with Crippen LogP contribution in [0.25, 0.3) is 0 Å². The van der Waals surface area contributed by atoms with Crippen molar-refractivity contribution in [2.45, 2.75) is 19.8 Å². The van der Waals surface area contributed by atoms with E-state index in [0.29, 0.717) is 0 Å². The zero-order chi connectivity index (χ0) is 8.97. The second-order valence-corrected chi connectivity index (χ2v) is 4.12. The Morgan fingerprint density at radius 2 is 1.92 bits per heavy atom. The molecule has 1 aromatic rings.